The van der Waals surface area contributed by atoms with E-state index in [-0.39, 0.29) is 5.91 Å². The summed E-state index contributed by atoms with van der Waals surface area (Å²) in [5.41, 5.74) is 3.29. The summed E-state index contributed by atoms with van der Waals surface area (Å²) >= 11 is 0. The van der Waals surface area contributed by atoms with Crippen molar-refractivity contribution in [2.45, 2.75) is 20.5 Å². The number of amides is 1. The number of rotatable bonds is 6. The van der Waals surface area contributed by atoms with Gasteiger partial charge in [0, 0.05) is 23.4 Å². The number of anilines is 1. The number of ether oxygens (including phenoxy) is 2. The number of benzene rings is 2. The van der Waals surface area contributed by atoms with Crippen LogP contribution in [0.5, 0.6) is 5.75 Å². The zero-order chi connectivity index (χ0) is 15.9. The number of methoxy groups -OCH3 is 1. The minimum absolute atomic E-state index is 0.144. The number of para-hydroxylation sites is 1. The molecule has 116 valence electrons. The SMILES string of the molecule is CCOCc1cc(C(=O)Nc2ccccc2C)ccc1OC. The fourth-order valence-electron chi connectivity index (χ4n) is 2.15. The van der Waals surface area contributed by atoms with Crippen molar-refractivity contribution in [2.75, 3.05) is 19.0 Å². The van der Waals surface area contributed by atoms with E-state index in [1.54, 1.807) is 19.2 Å². The zero-order valence-corrected chi connectivity index (χ0v) is 13.2. The van der Waals surface area contributed by atoms with E-state index >= 15 is 0 Å². The molecule has 0 bridgehead atoms. The Balaban J connectivity index is 2.20. The maximum Gasteiger partial charge on any atom is 0.255 e. The maximum atomic E-state index is 12.4. The molecular weight excluding hydrogens is 278 g/mol. The van der Waals surface area contributed by atoms with E-state index in [1.165, 1.54) is 0 Å². The van der Waals surface area contributed by atoms with Gasteiger partial charge in [-0.25, -0.2) is 0 Å². The van der Waals surface area contributed by atoms with Gasteiger partial charge in [0.1, 0.15) is 5.75 Å². The Kier molecular flexibility index (Phi) is 5.55. The lowest BCUT2D eigenvalue weighted by Crippen LogP contribution is -2.13. The highest BCUT2D eigenvalue weighted by Gasteiger charge is 2.11. The summed E-state index contributed by atoms with van der Waals surface area (Å²) in [6.45, 7) is 4.93. The molecule has 0 aliphatic carbocycles. The van der Waals surface area contributed by atoms with Gasteiger partial charge in [-0.2, -0.15) is 0 Å². The molecule has 1 N–H and O–H groups in total. The number of carbonyl (C=O) groups is 1. The number of carbonyl (C=O) groups excluding carboxylic acids is 1. The van der Waals surface area contributed by atoms with Gasteiger partial charge in [0.2, 0.25) is 0 Å². The fourth-order valence-corrected chi connectivity index (χ4v) is 2.15. The van der Waals surface area contributed by atoms with E-state index in [2.05, 4.69) is 5.32 Å². The van der Waals surface area contributed by atoms with Crippen molar-refractivity contribution in [3.05, 3.63) is 59.2 Å². The van der Waals surface area contributed by atoms with Crippen molar-refractivity contribution in [1.82, 2.24) is 0 Å². The van der Waals surface area contributed by atoms with Crippen molar-refractivity contribution in [3.8, 4) is 5.75 Å². The van der Waals surface area contributed by atoms with Crippen LogP contribution in [0.15, 0.2) is 42.5 Å². The van der Waals surface area contributed by atoms with E-state index in [1.807, 2.05) is 44.2 Å². The molecule has 0 heterocycles. The topological polar surface area (TPSA) is 47.6 Å². The standard InChI is InChI=1S/C18H21NO3/c1-4-22-12-15-11-14(9-10-17(15)21-3)18(20)19-16-8-6-5-7-13(16)2/h5-11H,4,12H2,1-3H3,(H,19,20). The van der Waals surface area contributed by atoms with Gasteiger partial charge < -0.3 is 14.8 Å². The first-order valence-electron chi connectivity index (χ1n) is 7.27. The third-order valence-electron chi connectivity index (χ3n) is 3.40. The lowest BCUT2D eigenvalue weighted by atomic mass is 10.1. The van der Waals surface area contributed by atoms with Crippen LogP contribution in [0.4, 0.5) is 5.69 Å². The lowest BCUT2D eigenvalue weighted by molar-refractivity contribution is 0.102. The van der Waals surface area contributed by atoms with Crippen LogP contribution in [0.2, 0.25) is 0 Å². The van der Waals surface area contributed by atoms with E-state index in [0.29, 0.717) is 18.8 Å². The van der Waals surface area contributed by atoms with E-state index in [9.17, 15) is 4.79 Å². The van der Waals surface area contributed by atoms with Crippen LogP contribution in [-0.2, 0) is 11.3 Å². The second-order valence-electron chi connectivity index (χ2n) is 4.93. The molecule has 0 aliphatic heterocycles. The maximum absolute atomic E-state index is 12.4. The molecule has 0 atom stereocenters. The van der Waals surface area contributed by atoms with Crippen LogP contribution in [0, 0.1) is 6.92 Å². The van der Waals surface area contributed by atoms with Gasteiger partial charge in [-0.15, -0.1) is 0 Å². The average molecular weight is 299 g/mol. The summed E-state index contributed by atoms with van der Waals surface area (Å²) in [6, 6.07) is 13.0. The van der Waals surface area contributed by atoms with Crippen molar-refractivity contribution in [1.29, 1.82) is 0 Å². The van der Waals surface area contributed by atoms with Crippen LogP contribution < -0.4 is 10.1 Å². The second-order valence-corrected chi connectivity index (χ2v) is 4.93. The van der Waals surface area contributed by atoms with Gasteiger partial charge >= 0.3 is 0 Å². The molecule has 1 amide bonds. The molecule has 0 saturated carbocycles. The molecule has 4 nitrogen and oxygen atoms in total. The smallest absolute Gasteiger partial charge is 0.255 e. The Bertz CT molecular complexity index is 653. The van der Waals surface area contributed by atoms with Gasteiger partial charge in [-0.1, -0.05) is 18.2 Å². The minimum atomic E-state index is -0.144. The van der Waals surface area contributed by atoms with Gasteiger partial charge in [0.15, 0.2) is 0 Å². The lowest BCUT2D eigenvalue weighted by Gasteiger charge is -2.12. The molecule has 0 fully saturated rings. The van der Waals surface area contributed by atoms with Crippen LogP contribution in [0.3, 0.4) is 0 Å². The highest BCUT2D eigenvalue weighted by molar-refractivity contribution is 6.04. The molecular formula is C18H21NO3. The van der Waals surface area contributed by atoms with Gasteiger partial charge in [0.25, 0.3) is 5.91 Å². The molecule has 4 heteroatoms. The van der Waals surface area contributed by atoms with Gasteiger partial charge in [-0.3, -0.25) is 4.79 Å². The molecule has 0 aromatic heterocycles. The Morgan fingerprint density at radius 2 is 1.95 bits per heavy atom. The number of nitrogens with one attached hydrogen (secondary N) is 1. The van der Waals surface area contributed by atoms with Crippen molar-refractivity contribution in [3.63, 3.8) is 0 Å². The monoisotopic (exact) mass is 299 g/mol. The Hall–Kier alpha value is -2.33. The normalized spacial score (nSPS) is 10.3. The van der Waals surface area contributed by atoms with Crippen LogP contribution >= 0.6 is 0 Å². The first kappa shape index (κ1) is 16.0. The third-order valence-corrected chi connectivity index (χ3v) is 3.40. The third kappa shape index (κ3) is 3.86. The number of aryl methyl sites for hydroxylation is 1. The Morgan fingerprint density at radius 3 is 2.64 bits per heavy atom. The van der Waals surface area contributed by atoms with Crippen molar-refractivity contribution < 1.29 is 14.3 Å². The summed E-state index contributed by atoms with van der Waals surface area (Å²) < 4.78 is 10.7. The number of hydrogen-bond acceptors (Lipinski definition) is 3. The van der Waals surface area contributed by atoms with Gasteiger partial charge in [0.05, 0.1) is 13.7 Å². The molecule has 2 aromatic carbocycles. The van der Waals surface area contributed by atoms with Crippen LogP contribution in [0.25, 0.3) is 0 Å². The van der Waals surface area contributed by atoms with Gasteiger partial charge in [-0.05, 0) is 43.7 Å². The molecule has 0 radical (unpaired) electrons. The molecule has 0 saturated heterocycles. The summed E-state index contributed by atoms with van der Waals surface area (Å²) in [7, 11) is 1.61. The molecule has 22 heavy (non-hydrogen) atoms. The van der Waals surface area contributed by atoms with E-state index in [0.717, 1.165) is 22.6 Å². The average Bonchev–Trinajstić information content (AvgIpc) is 2.54. The summed E-state index contributed by atoms with van der Waals surface area (Å²) in [5.74, 6) is 0.579. The second kappa shape index (κ2) is 7.61. The predicted molar refractivity (Wildman–Crippen MR) is 87.5 cm³/mol. The largest absolute Gasteiger partial charge is 0.496 e. The van der Waals surface area contributed by atoms with Crippen LogP contribution in [0.1, 0.15) is 28.4 Å². The molecule has 0 unspecified atom stereocenters. The fraction of sp³-hybridized carbons (Fsp3) is 0.278. The molecule has 0 spiro atoms. The summed E-state index contributed by atoms with van der Waals surface area (Å²) in [4.78, 5) is 12.4. The first-order valence-corrected chi connectivity index (χ1v) is 7.27. The summed E-state index contributed by atoms with van der Waals surface area (Å²) in [5, 5.41) is 2.93. The minimum Gasteiger partial charge on any atom is -0.496 e. The molecule has 2 rings (SSSR count). The number of hydrogen-bond donors (Lipinski definition) is 1. The predicted octanol–water partition coefficient (Wildman–Crippen LogP) is 3.79. The quantitative estimate of drug-likeness (QED) is 0.882. The molecule has 0 aliphatic rings. The highest BCUT2D eigenvalue weighted by atomic mass is 16.5. The first-order chi connectivity index (χ1) is 10.7. The Morgan fingerprint density at radius 1 is 1.18 bits per heavy atom. The van der Waals surface area contributed by atoms with Crippen molar-refractivity contribution in [2.24, 2.45) is 0 Å². The van der Waals surface area contributed by atoms with Crippen molar-refractivity contribution >= 4 is 11.6 Å². The summed E-state index contributed by atoms with van der Waals surface area (Å²) in [6.07, 6.45) is 0. The van der Waals surface area contributed by atoms with Crippen LogP contribution in [-0.4, -0.2) is 19.6 Å². The van der Waals surface area contributed by atoms with E-state index in [4.69, 9.17) is 9.47 Å². The molecule has 2 aromatic rings. The zero-order valence-electron chi connectivity index (χ0n) is 13.2. The highest BCUT2D eigenvalue weighted by Crippen LogP contribution is 2.22. The Labute approximate surface area is 131 Å². The van der Waals surface area contributed by atoms with E-state index < -0.39 is 0 Å².